The van der Waals surface area contributed by atoms with Crippen molar-refractivity contribution in [2.45, 2.75) is 32.5 Å². The molecule has 0 aromatic heterocycles. The monoisotopic (exact) mass is 306 g/mol. The van der Waals surface area contributed by atoms with E-state index in [2.05, 4.69) is 10.1 Å². The van der Waals surface area contributed by atoms with Gasteiger partial charge in [0, 0.05) is 25.2 Å². The molecule has 0 radical (unpaired) electrons. The number of carbonyl (C=O) groups is 2. The number of nitrogens with one attached hydrogen (secondary N) is 1. The SMILES string of the molecule is COC(=O)c1ccc(COC(=O)N2C(C)CNCC2C)cc1. The van der Waals surface area contributed by atoms with E-state index in [1.54, 1.807) is 29.2 Å². The van der Waals surface area contributed by atoms with Gasteiger partial charge in [0.15, 0.2) is 0 Å². The van der Waals surface area contributed by atoms with Crippen LogP contribution >= 0.6 is 0 Å². The van der Waals surface area contributed by atoms with Crippen LogP contribution < -0.4 is 5.32 Å². The van der Waals surface area contributed by atoms with E-state index in [-0.39, 0.29) is 30.8 Å². The van der Waals surface area contributed by atoms with Crippen LogP contribution in [0.2, 0.25) is 0 Å². The van der Waals surface area contributed by atoms with Gasteiger partial charge in [-0.1, -0.05) is 12.1 Å². The van der Waals surface area contributed by atoms with Gasteiger partial charge >= 0.3 is 12.1 Å². The van der Waals surface area contributed by atoms with Crippen LogP contribution in [0.15, 0.2) is 24.3 Å². The van der Waals surface area contributed by atoms with Crippen molar-refractivity contribution >= 4 is 12.1 Å². The molecule has 1 amide bonds. The van der Waals surface area contributed by atoms with Crippen LogP contribution in [-0.2, 0) is 16.1 Å². The maximum atomic E-state index is 12.2. The number of hydrogen-bond donors (Lipinski definition) is 1. The molecule has 0 saturated carbocycles. The zero-order chi connectivity index (χ0) is 16.1. The van der Waals surface area contributed by atoms with Gasteiger partial charge in [-0.2, -0.15) is 0 Å². The van der Waals surface area contributed by atoms with Crippen molar-refractivity contribution in [3.8, 4) is 0 Å². The molecule has 6 heteroatoms. The minimum absolute atomic E-state index is 0.109. The summed E-state index contributed by atoms with van der Waals surface area (Å²) in [6.45, 7) is 5.72. The van der Waals surface area contributed by atoms with Crippen molar-refractivity contribution in [2.75, 3.05) is 20.2 Å². The number of esters is 1. The summed E-state index contributed by atoms with van der Waals surface area (Å²) < 4.78 is 10.0. The van der Waals surface area contributed by atoms with Gasteiger partial charge in [-0.05, 0) is 31.5 Å². The van der Waals surface area contributed by atoms with Crippen LogP contribution in [0, 0.1) is 0 Å². The standard InChI is InChI=1S/C16H22N2O4/c1-11-8-17-9-12(2)18(11)16(20)22-10-13-4-6-14(7-5-13)15(19)21-3/h4-7,11-12,17H,8-10H2,1-3H3. The Bertz CT molecular complexity index is 519. The molecule has 0 bridgehead atoms. The molecule has 120 valence electrons. The fourth-order valence-electron chi connectivity index (χ4n) is 2.57. The highest BCUT2D eigenvalue weighted by Crippen LogP contribution is 2.13. The van der Waals surface area contributed by atoms with Crippen molar-refractivity contribution < 1.29 is 19.1 Å². The van der Waals surface area contributed by atoms with E-state index >= 15 is 0 Å². The number of nitrogens with zero attached hydrogens (tertiary/aromatic N) is 1. The molecule has 1 aromatic rings. The van der Waals surface area contributed by atoms with Gasteiger partial charge in [-0.15, -0.1) is 0 Å². The zero-order valence-corrected chi connectivity index (χ0v) is 13.2. The molecule has 1 fully saturated rings. The van der Waals surface area contributed by atoms with Crippen LogP contribution in [0.1, 0.15) is 29.8 Å². The first-order valence-corrected chi connectivity index (χ1v) is 7.36. The molecule has 1 aliphatic heterocycles. The largest absolute Gasteiger partial charge is 0.465 e. The van der Waals surface area contributed by atoms with E-state index in [1.165, 1.54) is 7.11 Å². The summed E-state index contributed by atoms with van der Waals surface area (Å²) in [5, 5.41) is 3.27. The average molecular weight is 306 g/mol. The van der Waals surface area contributed by atoms with E-state index in [1.807, 2.05) is 13.8 Å². The molecule has 22 heavy (non-hydrogen) atoms. The predicted octanol–water partition coefficient (Wildman–Crippen LogP) is 1.79. The van der Waals surface area contributed by atoms with Crippen LogP contribution in [-0.4, -0.2) is 49.2 Å². The Labute approximate surface area is 130 Å². The predicted molar refractivity (Wildman–Crippen MR) is 81.6 cm³/mol. The molecule has 6 nitrogen and oxygen atoms in total. The molecule has 2 atom stereocenters. The number of hydrogen-bond acceptors (Lipinski definition) is 5. The summed E-state index contributed by atoms with van der Waals surface area (Å²) in [4.78, 5) is 25.3. The maximum absolute atomic E-state index is 12.2. The fraction of sp³-hybridized carbons (Fsp3) is 0.500. The number of methoxy groups -OCH3 is 1. The molecule has 2 unspecified atom stereocenters. The highest BCUT2D eigenvalue weighted by Gasteiger charge is 2.29. The quantitative estimate of drug-likeness (QED) is 0.862. The third-order valence-corrected chi connectivity index (χ3v) is 3.78. The first kappa shape index (κ1) is 16.3. The molecule has 1 heterocycles. The number of benzene rings is 1. The lowest BCUT2D eigenvalue weighted by Gasteiger charge is -2.38. The van der Waals surface area contributed by atoms with Gasteiger partial charge < -0.3 is 19.7 Å². The molecule has 1 aromatic carbocycles. The number of amides is 1. The molecule has 1 N–H and O–H groups in total. The molecular formula is C16H22N2O4. The van der Waals surface area contributed by atoms with Crippen LogP contribution in [0.5, 0.6) is 0 Å². The molecular weight excluding hydrogens is 284 g/mol. The first-order chi connectivity index (χ1) is 10.5. The van der Waals surface area contributed by atoms with Gasteiger partial charge in [-0.3, -0.25) is 0 Å². The molecule has 0 spiro atoms. The van der Waals surface area contributed by atoms with Gasteiger partial charge in [0.1, 0.15) is 6.61 Å². The van der Waals surface area contributed by atoms with Crippen LogP contribution in [0.25, 0.3) is 0 Å². The Morgan fingerprint density at radius 3 is 2.32 bits per heavy atom. The molecule has 0 aliphatic carbocycles. The summed E-state index contributed by atoms with van der Waals surface area (Å²) in [6, 6.07) is 7.04. The summed E-state index contributed by atoms with van der Waals surface area (Å²) in [6.07, 6.45) is -0.307. The Hall–Kier alpha value is -2.08. The average Bonchev–Trinajstić information content (AvgIpc) is 2.52. The fourth-order valence-corrected chi connectivity index (χ4v) is 2.57. The topological polar surface area (TPSA) is 67.9 Å². The minimum Gasteiger partial charge on any atom is -0.465 e. The van der Waals surface area contributed by atoms with E-state index < -0.39 is 0 Å². The zero-order valence-electron chi connectivity index (χ0n) is 13.2. The van der Waals surface area contributed by atoms with Gasteiger partial charge in [0.2, 0.25) is 0 Å². The van der Waals surface area contributed by atoms with Gasteiger partial charge in [-0.25, -0.2) is 9.59 Å². The summed E-state index contributed by atoms with van der Waals surface area (Å²) >= 11 is 0. The number of piperazine rings is 1. The van der Waals surface area contributed by atoms with Crippen molar-refractivity contribution in [3.63, 3.8) is 0 Å². The Kier molecular flexibility index (Phi) is 5.38. The molecule has 1 saturated heterocycles. The minimum atomic E-state index is -0.382. The maximum Gasteiger partial charge on any atom is 0.410 e. The summed E-state index contributed by atoms with van der Waals surface area (Å²) in [5.41, 5.74) is 1.30. The van der Waals surface area contributed by atoms with Crippen molar-refractivity contribution in [1.82, 2.24) is 10.2 Å². The lowest BCUT2D eigenvalue weighted by atomic mass is 10.1. The Balaban J connectivity index is 1.92. The Morgan fingerprint density at radius 2 is 1.77 bits per heavy atom. The van der Waals surface area contributed by atoms with Crippen molar-refractivity contribution in [1.29, 1.82) is 0 Å². The van der Waals surface area contributed by atoms with Crippen LogP contribution in [0.4, 0.5) is 4.79 Å². The normalized spacial score (nSPS) is 21.3. The van der Waals surface area contributed by atoms with Crippen molar-refractivity contribution in [2.24, 2.45) is 0 Å². The molecule has 2 rings (SSSR count). The lowest BCUT2D eigenvalue weighted by Crippen LogP contribution is -2.57. The lowest BCUT2D eigenvalue weighted by molar-refractivity contribution is 0.0559. The summed E-state index contributed by atoms with van der Waals surface area (Å²) in [7, 11) is 1.34. The highest BCUT2D eigenvalue weighted by atomic mass is 16.6. The smallest absolute Gasteiger partial charge is 0.410 e. The number of carbonyl (C=O) groups excluding carboxylic acids is 2. The van der Waals surface area contributed by atoms with E-state index in [0.717, 1.165) is 18.7 Å². The van der Waals surface area contributed by atoms with E-state index in [9.17, 15) is 9.59 Å². The third-order valence-electron chi connectivity index (χ3n) is 3.78. The van der Waals surface area contributed by atoms with Crippen molar-refractivity contribution in [3.05, 3.63) is 35.4 Å². The third kappa shape index (κ3) is 3.76. The van der Waals surface area contributed by atoms with Gasteiger partial charge in [0.05, 0.1) is 12.7 Å². The van der Waals surface area contributed by atoms with E-state index in [0.29, 0.717) is 5.56 Å². The first-order valence-electron chi connectivity index (χ1n) is 7.36. The van der Waals surface area contributed by atoms with Gasteiger partial charge in [0.25, 0.3) is 0 Å². The van der Waals surface area contributed by atoms with Crippen LogP contribution in [0.3, 0.4) is 0 Å². The highest BCUT2D eigenvalue weighted by molar-refractivity contribution is 5.89. The second kappa shape index (κ2) is 7.26. The van der Waals surface area contributed by atoms with E-state index in [4.69, 9.17) is 4.74 Å². The second-order valence-corrected chi connectivity index (χ2v) is 5.51. The number of rotatable bonds is 3. The Morgan fingerprint density at radius 1 is 1.18 bits per heavy atom. The molecule has 1 aliphatic rings. The second-order valence-electron chi connectivity index (χ2n) is 5.51. The number of ether oxygens (including phenoxy) is 2. The summed E-state index contributed by atoms with van der Waals surface area (Å²) in [5.74, 6) is -0.382.